The zero-order valence-corrected chi connectivity index (χ0v) is 35.9. The predicted octanol–water partition coefficient (Wildman–Crippen LogP) is 10.9. The van der Waals surface area contributed by atoms with Crippen LogP contribution in [0.2, 0.25) is 20.1 Å². The summed E-state index contributed by atoms with van der Waals surface area (Å²) in [5.41, 5.74) is 3.82. The Hall–Kier alpha value is -2.54. The highest BCUT2D eigenvalue weighted by Crippen LogP contribution is 2.43. The van der Waals surface area contributed by atoms with Crippen molar-refractivity contribution in [2.24, 2.45) is 0 Å². The fourth-order valence-electron chi connectivity index (χ4n) is 6.25. The molecule has 8 nitrogen and oxygen atoms in total. The number of hydrogen-bond acceptors (Lipinski definition) is 9. The number of ether oxygens (including phenoxy) is 4. The van der Waals surface area contributed by atoms with Crippen molar-refractivity contribution in [2.75, 3.05) is 76.6 Å². The van der Waals surface area contributed by atoms with Gasteiger partial charge in [0.15, 0.2) is 0 Å². The van der Waals surface area contributed by atoms with E-state index in [4.69, 9.17) is 65.4 Å². The van der Waals surface area contributed by atoms with Crippen molar-refractivity contribution >= 4 is 79.4 Å². The van der Waals surface area contributed by atoms with Gasteiger partial charge in [0.05, 0.1) is 65.6 Å². The van der Waals surface area contributed by atoms with E-state index in [0.29, 0.717) is 48.0 Å². The van der Waals surface area contributed by atoms with Crippen LogP contribution in [0, 0.1) is 0 Å². The maximum Gasteiger partial charge on any atom is 0.209 e. The lowest BCUT2D eigenvalue weighted by molar-refractivity contribution is 0.122. The van der Waals surface area contributed by atoms with Crippen LogP contribution >= 0.6 is 58.2 Å². The van der Waals surface area contributed by atoms with E-state index in [1.807, 2.05) is 38.1 Å². The molecule has 2 saturated heterocycles. The van der Waals surface area contributed by atoms with Gasteiger partial charge in [-0.2, -0.15) is 0 Å². The molecule has 0 N–H and O–H groups in total. The van der Waals surface area contributed by atoms with Crippen molar-refractivity contribution in [1.82, 2.24) is 0 Å². The highest BCUT2D eigenvalue weighted by atomic mass is 35.5. The fraction of sp³-hybridized carbons (Fsp3) is 0.400. The third-order valence-corrected chi connectivity index (χ3v) is 13.8. The van der Waals surface area contributed by atoms with Crippen molar-refractivity contribution in [3.8, 4) is 11.5 Å². The van der Waals surface area contributed by atoms with E-state index in [0.717, 1.165) is 58.8 Å². The van der Waals surface area contributed by atoms with E-state index in [2.05, 4.69) is 29.7 Å². The van der Waals surface area contributed by atoms with Crippen LogP contribution in [0.3, 0.4) is 0 Å². The summed E-state index contributed by atoms with van der Waals surface area (Å²) in [6.45, 7) is 14.1. The van der Waals surface area contributed by atoms with Gasteiger partial charge >= 0.3 is 0 Å². The smallest absolute Gasteiger partial charge is 0.209 e. The first-order chi connectivity index (χ1) is 25.7. The maximum absolute atomic E-state index is 13.3. The van der Waals surface area contributed by atoms with Crippen LogP contribution in [-0.2, 0) is 19.3 Å². The molecule has 0 spiro atoms. The minimum Gasteiger partial charge on any atom is -0.496 e. The standard InChI is InChI=1S/C20H23Cl2NO4S.C20H23Cl2NO2S/c1-13(2)16-12-15(4-5-19(16)26-3)28(24,25)20-17(21)10-14(11-18(20)22)23-6-8-27-9-7-23;1-13(2)16-12-15(4-5-19(16)24-3)26-20-17(21)10-14(11-18(20)22)23-6-8-25-9-7-23/h4-5,10-13H,6-9H2,1-3H3;4-5,10-13H,6-9H2,1-3H3. The molecule has 2 aliphatic heterocycles. The molecule has 2 heterocycles. The Morgan fingerprint density at radius 1 is 0.630 bits per heavy atom. The van der Waals surface area contributed by atoms with Gasteiger partial charge in [-0.1, -0.05) is 85.9 Å². The third-order valence-electron chi connectivity index (χ3n) is 9.16. The van der Waals surface area contributed by atoms with E-state index in [9.17, 15) is 8.42 Å². The predicted molar refractivity (Wildman–Crippen MR) is 223 cm³/mol. The van der Waals surface area contributed by atoms with Crippen LogP contribution < -0.4 is 19.3 Å². The summed E-state index contributed by atoms with van der Waals surface area (Å²) in [5.74, 6) is 2.03. The molecule has 4 aromatic rings. The van der Waals surface area contributed by atoms with Crippen LogP contribution in [0.5, 0.6) is 11.5 Å². The van der Waals surface area contributed by atoms with E-state index in [-0.39, 0.29) is 25.8 Å². The number of benzene rings is 4. The summed E-state index contributed by atoms with van der Waals surface area (Å²) >= 11 is 27.5. The van der Waals surface area contributed by atoms with Crippen LogP contribution in [0.25, 0.3) is 0 Å². The molecule has 6 rings (SSSR count). The molecule has 0 aromatic heterocycles. The van der Waals surface area contributed by atoms with Gasteiger partial charge in [0.2, 0.25) is 9.84 Å². The molecule has 0 atom stereocenters. The van der Waals surface area contributed by atoms with Crippen LogP contribution in [0.4, 0.5) is 11.4 Å². The van der Waals surface area contributed by atoms with Crippen LogP contribution in [0.1, 0.15) is 50.7 Å². The first kappa shape index (κ1) is 42.6. The second-order valence-electron chi connectivity index (χ2n) is 13.4. The van der Waals surface area contributed by atoms with Crippen molar-refractivity contribution in [1.29, 1.82) is 0 Å². The van der Waals surface area contributed by atoms with Crippen molar-refractivity contribution in [3.05, 3.63) is 91.9 Å². The van der Waals surface area contributed by atoms with Crippen LogP contribution in [-0.4, -0.2) is 75.2 Å². The SMILES string of the molecule is COc1ccc(S(=O)(=O)c2c(Cl)cc(N3CCOCC3)cc2Cl)cc1C(C)C.COc1ccc(Sc2c(Cl)cc(N3CCOCC3)cc2Cl)cc1C(C)C. The normalized spacial score (nSPS) is 15.0. The number of rotatable bonds is 10. The zero-order chi connectivity index (χ0) is 39.2. The van der Waals surface area contributed by atoms with E-state index in [1.54, 1.807) is 50.2 Å². The molecule has 2 aliphatic rings. The second kappa shape index (κ2) is 19.1. The van der Waals surface area contributed by atoms with Crippen molar-refractivity contribution < 1.29 is 27.4 Å². The fourth-order valence-corrected chi connectivity index (χ4v) is 10.3. The average molecular weight is 857 g/mol. The number of morpholine rings is 2. The molecule has 0 amide bonds. The second-order valence-corrected chi connectivity index (χ2v) is 18.0. The Bertz CT molecular complexity index is 1990. The lowest BCUT2D eigenvalue weighted by Crippen LogP contribution is -2.36. The topological polar surface area (TPSA) is 77.5 Å². The summed E-state index contributed by atoms with van der Waals surface area (Å²) in [4.78, 5) is 6.36. The van der Waals surface area contributed by atoms with Crippen molar-refractivity contribution in [3.63, 3.8) is 0 Å². The molecule has 54 heavy (non-hydrogen) atoms. The Kier molecular flexibility index (Phi) is 15.0. The minimum absolute atomic E-state index is 0.0762. The highest BCUT2D eigenvalue weighted by molar-refractivity contribution is 7.99. The summed E-state index contributed by atoms with van der Waals surface area (Å²) in [6.07, 6.45) is 0. The Balaban J connectivity index is 0.000000208. The van der Waals surface area contributed by atoms with Gasteiger partial charge in [-0.05, 0) is 83.6 Å². The van der Waals surface area contributed by atoms with Gasteiger partial charge < -0.3 is 28.7 Å². The Morgan fingerprint density at radius 2 is 1.06 bits per heavy atom. The molecule has 0 aliphatic carbocycles. The molecular weight excluding hydrogens is 810 g/mol. The van der Waals surface area contributed by atoms with Gasteiger partial charge in [0.1, 0.15) is 16.4 Å². The molecular formula is C40H46Cl4N2O6S2. The highest BCUT2D eigenvalue weighted by Gasteiger charge is 2.27. The molecule has 4 aromatic carbocycles. The lowest BCUT2D eigenvalue weighted by atomic mass is 10.0. The Morgan fingerprint density at radius 3 is 1.50 bits per heavy atom. The van der Waals surface area contributed by atoms with E-state index in [1.165, 1.54) is 11.6 Å². The average Bonchev–Trinajstić information content (AvgIpc) is 3.16. The maximum atomic E-state index is 13.3. The van der Waals surface area contributed by atoms with Crippen LogP contribution in [0.15, 0.2) is 80.2 Å². The van der Waals surface area contributed by atoms with Gasteiger partial charge in [-0.3, -0.25) is 0 Å². The lowest BCUT2D eigenvalue weighted by Gasteiger charge is -2.29. The third kappa shape index (κ3) is 10.1. The summed E-state index contributed by atoms with van der Waals surface area (Å²) in [6, 6.07) is 18.3. The number of sulfone groups is 1. The van der Waals surface area contributed by atoms with E-state index < -0.39 is 9.84 Å². The van der Waals surface area contributed by atoms with Gasteiger partial charge in [0.25, 0.3) is 0 Å². The largest absolute Gasteiger partial charge is 0.496 e. The van der Waals surface area contributed by atoms with Crippen molar-refractivity contribution in [2.45, 2.75) is 59.1 Å². The first-order valence-electron chi connectivity index (χ1n) is 17.7. The molecule has 2 fully saturated rings. The quantitative estimate of drug-likeness (QED) is 0.155. The Labute approximate surface area is 343 Å². The minimum atomic E-state index is -3.89. The zero-order valence-electron chi connectivity index (χ0n) is 31.3. The number of hydrogen-bond donors (Lipinski definition) is 0. The summed E-state index contributed by atoms with van der Waals surface area (Å²) in [7, 11) is -0.628. The molecule has 292 valence electrons. The molecule has 0 bridgehead atoms. The first-order valence-corrected chi connectivity index (χ1v) is 21.5. The van der Waals surface area contributed by atoms with E-state index >= 15 is 0 Å². The number of nitrogens with zero attached hydrogens (tertiary/aromatic N) is 2. The summed E-state index contributed by atoms with van der Waals surface area (Å²) < 4.78 is 48.2. The van der Waals surface area contributed by atoms with Gasteiger partial charge in [-0.15, -0.1) is 0 Å². The van der Waals surface area contributed by atoms with Gasteiger partial charge in [-0.25, -0.2) is 8.42 Å². The molecule has 0 unspecified atom stereocenters. The molecule has 14 heteroatoms. The molecule has 0 saturated carbocycles. The number of methoxy groups -OCH3 is 2. The molecule has 0 radical (unpaired) electrons. The monoisotopic (exact) mass is 854 g/mol. The van der Waals surface area contributed by atoms with Gasteiger partial charge in [0, 0.05) is 47.3 Å². The summed E-state index contributed by atoms with van der Waals surface area (Å²) in [5, 5.41) is 1.56. The number of halogens is 4. The number of anilines is 2.